The zero-order valence-corrected chi connectivity index (χ0v) is 13.0. The van der Waals surface area contributed by atoms with Crippen LogP contribution in [0, 0.1) is 0 Å². The number of hydrazine groups is 1. The van der Waals surface area contributed by atoms with E-state index in [1.165, 1.54) is 0 Å². The molecule has 5 heteroatoms. The number of hydrogen-bond donors (Lipinski definition) is 2. The normalized spacial score (nSPS) is 9.96. The van der Waals surface area contributed by atoms with Gasteiger partial charge >= 0.3 is 0 Å². The van der Waals surface area contributed by atoms with Crippen molar-refractivity contribution >= 4 is 11.8 Å². The van der Waals surface area contributed by atoms with Crippen LogP contribution >= 0.6 is 0 Å². The molecule has 0 radical (unpaired) electrons. The molecule has 0 fully saturated rings. The topological polar surface area (TPSA) is 67.4 Å². The average Bonchev–Trinajstić information content (AvgIpc) is 2.59. The van der Waals surface area contributed by atoms with Gasteiger partial charge in [0.25, 0.3) is 5.91 Å². The van der Waals surface area contributed by atoms with E-state index in [1.807, 2.05) is 37.3 Å². The number of benzene rings is 2. The molecule has 2 amide bonds. The van der Waals surface area contributed by atoms with Gasteiger partial charge in [-0.1, -0.05) is 43.3 Å². The first-order valence-electron chi connectivity index (χ1n) is 7.55. The molecule has 0 saturated carbocycles. The minimum atomic E-state index is -0.381. The van der Waals surface area contributed by atoms with Gasteiger partial charge in [-0.15, -0.1) is 0 Å². The number of rotatable bonds is 6. The van der Waals surface area contributed by atoms with Crippen LogP contribution in [0.25, 0.3) is 0 Å². The molecule has 0 aromatic heterocycles. The second-order valence-corrected chi connectivity index (χ2v) is 5.04. The maximum Gasteiger partial charge on any atom is 0.269 e. The molecule has 0 atom stereocenters. The second kappa shape index (κ2) is 8.58. The molecule has 5 nitrogen and oxygen atoms in total. The Kier molecular flexibility index (Phi) is 6.17. The molecule has 2 N–H and O–H groups in total. The number of ether oxygens (including phenoxy) is 1. The third-order valence-corrected chi connectivity index (χ3v) is 3.09. The summed E-state index contributed by atoms with van der Waals surface area (Å²) in [6, 6.07) is 16.2. The van der Waals surface area contributed by atoms with Gasteiger partial charge in [-0.3, -0.25) is 20.4 Å². The quantitative estimate of drug-likeness (QED) is 0.805. The summed E-state index contributed by atoms with van der Waals surface area (Å²) in [6.45, 7) is 2.61. The molecular formula is C18H20N2O3. The van der Waals surface area contributed by atoms with E-state index in [-0.39, 0.29) is 18.2 Å². The SMILES string of the molecule is CCCOc1cccc(C(=O)NNC(=O)Cc2ccccc2)c1. The molecule has 2 aromatic rings. The van der Waals surface area contributed by atoms with Crippen molar-refractivity contribution in [2.45, 2.75) is 19.8 Å². The fraction of sp³-hybridized carbons (Fsp3) is 0.222. The van der Waals surface area contributed by atoms with Gasteiger partial charge in [-0.2, -0.15) is 0 Å². The fourth-order valence-corrected chi connectivity index (χ4v) is 1.97. The van der Waals surface area contributed by atoms with Crippen LogP contribution in [-0.2, 0) is 11.2 Å². The van der Waals surface area contributed by atoms with E-state index >= 15 is 0 Å². The molecule has 0 unspecified atom stereocenters. The first-order chi connectivity index (χ1) is 11.2. The van der Waals surface area contributed by atoms with E-state index in [2.05, 4.69) is 10.9 Å². The summed E-state index contributed by atoms with van der Waals surface area (Å²) >= 11 is 0. The van der Waals surface area contributed by atoms with E-state index < -0.39 is 0 Å². The third kappa shape index (κ3) is 5.47. The van der Waals surface area contributed by atoms with E-state index in [0.717, 1.165) is 12.0 Å². The Morgan fingerprint density at radius 3 is 2.52 bits per heavy atom. The summed E-state index contributed by atoms with van der Waals surface area (Å²) in [6.07, 6.45) is 1.10. The van der Waals surface area contributed by atoms with Crippen LogP contribution in [0.15, 0.2) is 54.6 Å². The van der Waals surface area contributed by atoms with Crippen LogP contribution in [0.4, 0.5) is 0 Å². The van der Waals surface area contributed by atoms with Crippen molar-refractivity contribution in [2.75, 3.05) is 6.61 Å². The Hall–Kier alpha value is -2.82. The van der Waals surface area contributed by atoms with E-state index in [1.54, 1.807) is 24.3 Å². The van der Waals surface area contributed by atoms with Gasteiger partial charge in [0, 0.05) is 5.56 Å². The van der Waals surface area contributed by atoms with Crippen LogP contribution < -0.4 is 15.6 Å². The first kappa shape index (κ1) is 16.5. The maximum atomic E-state index is 12.0. The summed E-state index contributed by atoms with van der Waals surface area (Å²) in [7, 11) is 0. The van der Waals surface area contributed by atoms with Crippen LogP contribution in [0.5, 0.6) is 5.75 Å². The van der Waals surface area contributed by atoms with Gasteiger partial charge < -0.3 is 4.74 Å². The minimum absolute atomic E-state index is 0.209. The van der Waals surface area contributed by atoms with Crippen molar-refractivity contribution in [3.63, 3.8) is 0 Å². The lowest BCUT2D eigenvalue weighted by atomic mass is 10.1. The molecule has 2 aromatic carbocycles. The van der Waals surface area contributed by atoms with Gasteiger partial charge in [-0.05, 0) is 30.2 Å². The molecule has 0 aliphatic heterocycles. The Morgan fingerprint density at radius 1 is 1.00 bits per heavy atom. The number of carbonyl (C=O) groups excluding carboxylic acids is 2. The molecular weight excluding hydrogens is 292 g/mol. The van der Waals surface area contributed by atoms with Crippen molar-refractivity contribution in [1.82, 2.24) is 10.9 Å². The predicted octanol–water partition coefficient (Wildman–Crippen LogP) is 2.48. The van der Waals surface area contributed by atoms with Crippen molar-refractivity contribution in [3.05, 3.63) is 65.7 Å². The summed E-state index contributed by atoms with van der Waals surface area (Å²) in [5.41, 5.74) is 6.13. The van der Waals surface area contributed by atoms with E-state index in [9.17, 15) is 9.59 Å². The van der Waals surface area contributed by atoms with Crippen LogP contribution in [0.3, 0.4) is 0 Å². The van der Waals surface area contributed by atoms with Crippen LogP contribution in [0.1, 0.15) is 29.3 Å². The van der Waals surface area contributed by atoms with Gasteiger partial charge in [0.15, 0.2) is 0 Å². The highest BCUT2D eigenvalue weighted by molar-refractivity contribution is 5.95. The molecule has 0 spiro atoms. The van der Waals surface area contributed by atoms with Gasteiger partial charge in [0.05, 0.1) is 13.0 Å². The average molecular weight is 312 g/mol. The lowest BCUT2D eigenvalue weighted by Crippen LogP contribution is -2.42. The Balaban J connectivity index is 1.85. The fourth-order valence-electron chi connectivity index (χ4n) is 1.97. The summed E-state index contributed by atoms with van der Waals surface area (Å²) in [5.74, 6) is -0.0218. The van der Waals surface area contributed by atoms with Crippen molar-refractivity contribution in [2.24, 2.45) is 0 Å². The van der Waals surface area contributed by atoms with Crippen LogP contribution in [-0.4, -0.2) is 18.4 Å². The zero-order valence-electron chi connectivity index (χ0n) is 13.0. The second-order valence-electron chi connectivity index (χ2n) is 5.04. The third-order valence-electron chi connectivity index (χ3n) is 3.09. The van der Waals surface area contributed by atoms with Crippen molar-refractivity contribution in [3.8, 4) is 5.75 Å². The Labute approximate surface area is 135 Å². The van der Waals surface area contributed by atoms with E-state index in [4.69, 9.17) is 4.74 Å². The zero-order chi connectivity index (χ0) is 16.5. The summed E-state index contributed by atoms with van der Waals surface area (Å²) in [5, 5.41) is 0. The van der Waals surface area contributed by atoms with Crippen molar-refractivity contribution in [1.29, 1.82) is 0 Å². The molecule has 23 heavy (non-hydrogen) atoms. The Bertz CT molecular complexity index is 656. The molecule has 2 rings (SSSR count). The first-order valence-corrected chi connectivity index (χ1v) is 7.55. The monoisotopic (exact) mass is 312 g/mol. The highest BCUT2D eigenvalue weighted by atomic mass is 16.5. The standard InChI is InChI=1S/C18H20N2O3/c1-2-11-23-16-10-6-9-15(13-16)18(22)20-19-17(21)12-14-7-4-3-5-8-14/h3-10,13H,2,11-12H2,1H3,(H,19,21)(H,20,22). The largest absolute Gasteiger partial charge is 0.494 e. The summed E-state index contributed by atoms with van der Waals surface area (Å²) < 4.78 is 5.48. The predicted molar refractivity (Wildman–Crippen MR) is 88.0 cm³/mol. The molecule has 0 aliphatic carbocycles. The van der Waals surface area contributed by atoms with Gasteiger partial charge in [-0.25, -0.2) is 0 Å². The molecule has 0 bridgehead atoms. The number of amides is 2. The number of carbonyl (C=O) groups is 2. The lowest BCUT2D eigenvalue weighted by Gasteiger charge is -2.09. The highest BCUT2D eigenvalue weighted by Gasteiger charge is 2.09. The summed E-state index contributed by atoms with van der Waals surface area (Å²) in [4.78, 5) is 23.9. The molecule has 0 saturated heterocycles. The molecule has 0 heterocycles. The van der Waals surface area contributed by atoms with Crippen molar-refractivity contribution < 1.29 is 14.3 Å². The maximum absolute atomic E-state index is 12.0. The molecule has 120 valence electrons. The Morgan fingerprint density at radius 2 is 1.78 bits per heavy atom. The van der Waals surface area contributed by atoms with Gasteiger partial charge in [0.2, 0.25) is 5.91 Å². The van der Waals surface area contributed by atoms with Gasteiger partial charge in [0.1, 0.15) is 5.75 Å². The lowest BCUT2D eigenvalue weighted by molar-refractivity contribution is -0.121. The number of hydrogen-bond acceptors (Lipinski definition) is 3. The molecule has 0 aliphatic rings. The smallest absolute Gasteiger partial charge is 0.269 e. The minimum Gasteiger partial charge on any atom is -0.494 e. The number of nitrogens with one attached hydrogen (secondary N) is 2. The van der Waals surface area contributed by atoms with Crippen LogP contribution in [0.2, 0.25) is 0 Å². The van der Waals surface area contributed by atoms with E-state index in [0.29, 0.717) is 17.9 Å². The highest BCUT2D eigenvalue weighted by Crippen LogP contribution is 2.13.